The fourth-order valence-electron chi connectivity index (χ4n) is 3.44. The summed E-state index contributed by atoms with van der Waals surface area (Å²) in [5, 5.41) is 9.59. The Labute approximate surface area is 191 Å². The lowest BCUT2D eigenvalue weighted by molar-refractivity contribution is 0.0773. The van der Waals surface area contributed by atoms with Crippen molar-refractivity contribution in [2.45, 2.75) is 13.8 Å². The summed E-state index contributed by atoms with van der Waals surface area (Å²) in [5.74, 6) is -0.289. The highest BCUT2D eigenvalue weighted by Crippen LogP contribution is 2.26. The molecule has 0 unspecified atom stereocenters. The number of carbonyl (C=O) groups excluding carboxylic acids is 2. The van der Waals surface area contributed by atoms with Gasteiger partial charge in [-0.3, -0.25) is 9.59 Å². The number of nitrogens with zero attached hydrogens (tertiary/aromatic N) is 3. The van der Waals surface area contributed by atoms with E-state index in [1.54, 1.807) is 51.3 Å². The SMILES string of the molecule is CCN(CC)C(=O)c1ccc(NC(=O)c2cc(-c3cccs3)nn2-c2ccccc2)cc1. The van der Waals surface area contributed by atoms with Gasteiger partial charge in [0.2, 0.25) is 0 Å². The minimum Gasteiger partial charge on any atom is -0.339 e. The van der Waals surface area contributed by atoms with Crippen LogP contribution in [0.5, 0.6) is 0 Å². The van der Waals surface area contributed by atoms with Crippen molar-refractivity contribution in [2.24, 2.45) is 0 Å². The zero-order valence-corrected chi connectivity index (χ0v) is 18.8. The summed E-state index contributed by atoms with van der Waals surface area (Å²) in [5.41, 5.74) is 3.20. The first kappa shape index (κ1) is 21.5. The van der Waals surface area contributed by atoms with Crippen LogP contribution in [0.25, 0.3) is 16.3 Å². The summed E-state index contributed by atoms with van der Waals surface area (Å²) < 4.78 is 1.66. The summed E-state index contributed by atoms with van der Waals surface area (Å²) in [6.07, 6.45) is 0. The summed E-state index contributed by atoms with van der Waals surface area (Å²) >= 11 is 1.58. The fourth-order valence-corrected chi connectivity index (χ4v) is 4.12. The summed E-state index contributed by atoms with van der Waals surface area (Å²) in [4.78, 5) is 28.4. The number of aromatic nitrogens is 2. The quantitative estimate of drug-likeness (QED) is 0.419. The normalized spacial score (nSPS) is 10.7. The van der Waals surface area contributed by atoms with Gasteiger partial charge in [0.1, 0.15) is 11.4 Å². The van der Waals surface area contributed by atoms with Crippen LogP contribution in [0.2, 0.25) is 0 Å². The lowest BCUT2D eigenvalue weighted by Crippen LogP contribution is -2.30. The Morgan fingerprint density at radius 2 is 1.69 bits per heavy atom. The molecule has 0 saturated carbocycles. The molecular weight excluding hydrogens is 420 g/mol. The van der Waals surface area contributed by atoms with Gasteiger partial charge in [0, 0.05) is 24.3 Å². The summed E-state index contributed by atoms with van der Waals surface area (Å²) in [7, 11) is 0. The molecule has 0 spiro atoms. The monoisotopic (exact) mass is 444 g/mol. The molecule has 2 amide bonds. The van der Waals surface area contributed by atoms with Gasteiger partial charge < -0.3 is 10.2 Å². The van der Waals surface area contributed by atoms with E-state index in [2.05, 4.69) is 10.4 Å². The van der Waals surface area contributed by atoms with Gasteiger partial charge in [0.25, 0.3) is 11.8 Å². The predicted octanol–water partition coefficient (Wildman–Crippen LogP) is 5.34. The summed E-state index contributed by atoms with van der Waals surface area (Å²) in [6, 6.07) is 22.3. The molecule has 0 atom stereocenters. The van der Waals surface area contributed by atoms with E-state index in [4.69, 9.17) is 0 Å². The Morgan fingerprint density at radius 1 is 0.969 bits per heavy atom. The van der Waals surface area contributed by atoms with E-state index in [1.807, 2.05) is 61.7 Å². The molecule has 0 bridgehead atoms. The number of benzene rings is 2. The van der Waals surface area contributed by atoms with Gasteiger partial charge in [-0.25, -0.2) is 4.68 Å². The van der Waals surface area contributed by atoms with Crippen molar-refractivity contribution < 1.29 is 9.59 Å². The van der Waals surface area contributed by atoms with E-state index in [9.17, 15) is 9.59 Å². The van der Waals surface area contributed by atoms with Crippen LogP contribution in [0.4, 0.5) is 5.69 Å². The Morgan fingerprint density at radius 3 is 2.31 bits per heavy atom. The third kappa shape index (κ3) is 4.48. The van der Waals surface area contributed by atoms with Crippen LogP contribution in [0.3, 0.4) is 0 Å². The number of hydrogen-bond donors (Lipinski definition) is 1. The summed E-state index contributed by atoms with van der Waals surface area (Å²) in [6.45, 7) is 5.22. The predicted molar refractivity (Wildman–Crippen MR) is 129 cm³/mol. The third-order valence-corrected chi connectivity index (χ3v) is 6.05. The molecule has 0 fully saturated rings. The van der Waals surface area contributed by atoms with Crippen LogP contribution < -0.4 is 5.32 Å². The van der Waals surface area contributed by atoms with Gasteiger partial charge in [0.05, 0.1) is 10.6 Å². The average molecular weight is 445 g/mol. The van der Waals surface area contributed by atoms with Crippen LogP contribution in [-0.4, -0.2) is 39.6 Å². The maximum atomic E-state index is 13.2. The maximum absolute atomic E-state index is 13.2. The molecular formula is C25H24N4O2S. The lowest BCUT2D eigenvalue weighted by atomic mass is 10.1. The molecule has 0 aliphatic carbocycles. The maximum Gasteiger partial charge on any atom is 0.274 e. The van der Waals surface area contributed by atoms with Crippen molar-refractivity contribution >= 4 is 28.8 Å². The van der Waals surface area contributed by atoms with E-state index in [-0.39, 0.29) is 11.8 Å². The van der Waals surface area contributed by atoms with Crippen LogP contribution >= 0.6 is 11.3 Å². The molecule has 0 radical (unpaired) electrons. The molecule has 4 aromatic rings. The number of nitrogens with one attached hydrogen (secondary N) is 1. The van der Waals surface area contributed by atoms with Gasteiger partial charge >= 0.3 is 0 Å². The molecule has 32 heavy (non-hydrogen) atoms. The smallest absolute Gasteiger partial charge is 0.274 e. The minimum absolute atomic E-state index is 0.0179. The van der Waals surface area contributed by atoms with Crippen molar-refractivity contribution in [1.29, 1.82) is 0 Å². The number of para-hydroxylation sites is 1. The lowest BCUT2D eigenvalue weighted by Gasteiger charge is -2.18. The molecule has 4 rings (SSSR count). The Balaban J connectivity index is 1.60. The van der Waals surface area contributed by atoms with Crippen molar-refractivity contribution in [3.05, 3.63) is 89.4 Å². The first-order chi connectivity index (χ1) is 15.6. The van der Waals surface area contributed by atoms with Crippen LogP contribution in [0.15, 0.2) is 78.2 Å². The largest absolute Gasteiger partial charge is 0.339 e. The van der Waals surface area contributed by atoms with Gasteiger partial charge in [-0.05, 0) is 67.8 Å². The highest BCUT2D eigenvalue weighted by Gasteiger charge is 2.19. The molecule has 162 valence electrons. The Kier molecular flexibility index (Phi) is 6.47. The highest BCUT2D eigenvalue weighted by atomic mass is 32.1. The number of carbonyl (C=O) groups is 2. The van der Waals surface area contributed by atoms with Crippen molar-refractivity contribution in [1.82, 2.24) is 14.7 Å². The zero-order valence-electron chi connectivity index (χ0n) is 18.0. The molecule has 6 nitrogen and oxygen atoms in total. The van der Waals surface area contributed by atoms with E-state index in [1.165, 1.54) is 0 Å². The molecule has 0 saturated heterocycles. The zero-order chi connectivity index (χ0) is 22.5. The molecule has 2 heterocycles. The van der Waals surface area contributed by atoms with Gasteiger partial charge in [-0.2, -0.15) is 5.10 Å². The fraction of sp³-hybridized carbons (Fsp3) is 0.160. The van der Waals surface area contributed by atoms with Crippen molar-refractivity contribution in [3.63, 3.8) is 0 Å². The minimum atomic E-state index is -0.271. The Hall–Kier alpha value is -3.71. The number of thiophene rings is 1. The first-order valence-corrected chi connectivity index (χ1v) is 11.4. The Bertz CT molecular complexity index is 1190. The van der Waals surface area contributed by atoms with Crippen molar-refractivity contribution in [3.8, 4) is 16.3 Å². The third-order valence-electron chi connectivity index (χ3n) is 5.16. The molecule has 7 heteroatoms. The second-order valence-corrected chi connectivity index (χ2v) is 8.10. The van der Waals surface area contributed by atoms with Gasteiger partial charge in [-0.15, -0.1) is 11.3 Å². The van der Waals surface area contributed by atoms with Crippen LogP contribution in [0.1, 0.15) is 34.7 Å². The van der Waals surface area contributed by atoms with E-state index in [0.717, 1.165) is 16.3 Å². The first-order valence-electron chi connectivity index (χ1n) is 10.5. The second kappa shape index (κ2) is 9.62. The van der Waals surface area contributed by atoms with Gasteiger partial charge in [-0.1, -0.05) is 24.3 Å². The van der Waals surface area contributed by atoms with E-state index in [0.29, 0.717) is 30.0 Å². The molecule has 2 aromatic heterocycles. The second-order valence-electron chi connectivity index (χ2n) is 7.15. The highest BCUT2D eigenvalue weighted by molar-refractivity contribution is 7.13. The number of hydrogen-bond acceptors (Lipinski definition) is 4. The molecule has 0 aliphatic heterocycles. The number of amides is 2. The van der Waals surface area contributed by atoms with E-state index < -0.39 is 0 Å². The number of anilines is 1. The van der Waals surface area contributed by atoms with Crippen molar-refractivity contribution in [2.75, 3.05) is 18.4 Å². The van der Waals surface area contributed by atoms with Crippen LogP contribution in [0, 0.1) is 0 Å². The standard InChI is InChI=1S/C25H24N4O2S/c1-3-28(4-2)25(31)18-12-14-19(15-13-18)26-24(30)22-17-21(23-11-8-16-32-23)27-29(22)20-9-6-5-7-10-20/h5-17H,3-4H2,1-2H3,(H,26,30). The number of rotatable bonds is 7. The molecule has 0 aliphatic rings. The molecule has 1 N–H and O–H groups in total. The van der Waals surface area contributed by atoms with Crippen LogP contribution in [-0.2, 0) is 0 Å². The molecule has 2 aromatic carbocycles. The average Bonchev–Trinajstić information content (AvgIpc) is 3.51. The van der Waals surface area contributed by atoms with E-state index >= 15 is 0 Å². The topological polar surface area (TPSA) is 67.2 Å². The van der Waals surface area contributed by atoms with Gasteiger partial charge in [0.15, 0.2) is 0 Å².